The third-order valence-electron chi connectivity index (χ3n) is 4.59. The van der Waals surface area contributed by atoms with Gasteiger partial charge in [-0.15, -0.1) is 0 Å². The van der Waals surface area contributed by atoms with E-state index in [1.807, 2.05) is 0 Å². The Hall–Kier alpha value is -3.28. The molecule has 1 fully saturated rings. The maximum Gasteiger partial charge on any atom is 0.294 e. The summed E-state index contributed by atoms with van der Waals surface area (Å²) in [6, 6.07) is 3.07. The number of carbonyl (C=O) groups excluding carboxylic acids is 2. The van der Waals surface area contributed by atoms with Gasteiger partial charge in [0.1, 0.15) is 11.7 Å². The first-order chi connectivity index (χ1) is 13.7. The highest BCUT2D eigenvalue weighted by molar-refractivity contribution is 7.91. The van der Waals surface area contributed by atoms with Crippen molar-refractivity contribution in [2.45, 2.75) is 13.0 Å². The lowest BCUT2D eigenvalue weighted by Gasteiger charge is -2.29. The van der Waals surface area contributed by atoms with E-state index in [0.29, 0.717) is 0 Å². The molecule has 1 atom stereocenters. The Bertz CT molecular complexity index is 1040. The van der Waals surface area contributed by atoms with Gasteiger partial charge in [0.15, 0.2) is 9.84 Å². The predicted molar refractivity (Wildman–Crippen MR) is 102 cm³/mol. The van der Waals surface area contributed by atoms with Crippen LogP contribution in [-0.4, -0.2) is 70.2 Å². The monoisotopic (exact) mass is 421 g/mol. The van der Waals surface area contributed by atoms with Crippen molar-refractivity contribution in [2.75, 3.05) is 24.6 Å². The zero-order chi connectivity index (χ0) is 21.2. The van der Waals surface area contributed by atoms with Gasteiger partial charge in [-0.3, -0.25) is 19.7 Å². The highest BCUT2D eigenvalue weighted by Crippen LogP contribution is 2.24. The van der Waals surface area contributed by atoms with Gasteiger partial charge in [-0.25, -0.2) is 13.4 Å². The van der Waals surface area contributed by atoms with E-state index in [4.69, 9.17) is 0 Å². The summed E-state index contributed by atoms with van der Waals surface area (Å²) in [7, 11) is -3.13. The fourth-order valence-electron chi connectivity index (χ4n) is 2.98. The van der Waals surface area contributed by atoms with Crippen LogP contribution in [0.5, 0.6) is 0 Å². The highest BCUT2D eigenvalue weighted by Gasteiger charge is 2.29. The fraction of sp³-hybridized carbons (Fsp3) is 0.353. The average Bonchev–Trinajstić information content (AvgIpc) is 3.21. The van der Waals surface area contributed by atoms with Crippen molar-refractivity contribution in [1.29, 1.82) is 0 Å². The molecule has 1 N–H and O–H groups in total. The minimum Gasteiger partial charge on any atom is -0.341 e. The predicted octanol–water partition coefficient (Wildman–Crippen LogP) is 0.156. The van der Waals surface area contributed by atoms with Gasteiger partial charge in [0.25, 0.3) is 11.6 Å². The van der Waals surface area contributed by atoms with Crippen LogP contribution in [0.2, 0.25) is 0 Å². The van der Waals surface area contributed by atoms with Gasteiger partial charge >= 0.3 is 0 Å². The molecule has 2 heterocycles. The summed E-state index contributed by atoms with van der Waals surface area (Å²) in [5, 5.41) is 13.9. The Morgan fingerprint density at radius 3 is 2.55 bits per heavy atom. The van der Waals surface area contributed by atoms with Crippen LogP contribution in [0.15, 0.2) is 36.9 Å². The summed E-state index contributed by atoms with van der Waals surface area (Å²) >= 11 is 0. The number of amides is 2. The van der Waals surface area contributed by atoms with E-state index in [0.717, 1.165) is 6.07 Å². The molecule has 3 rings (SSSR count). The first kappa shape index (κ1) is 20.5. The Kier molecular flexibility index (Phi) is 5.64. The zero-order valence-electron chi connectivity index (χ0n) is 15.5. The number of sulfone groups is 1. The number of nitro groups is 1. The van der Waals surface area contributed by atoms with E-state index in [9.17, 15) is 28.1 Å². The van der Waals surface area contributed by atoms with E-state index >= 15 is 0 Å². The molecule has 0 spiro atoms. The van der Waals surface area contributed by atoms with E-state index in [1.165, 1.54) is 41.0 Å². The van der Waals surface area contributed by atoms with Gasteiger partial charge in [0, 0.05) is 37.1 Å². The van der Waals surface area contributed by atoms with Crippen LogP contribution in [-0.2, 0) is 14.6 Å². The minimum absolute atomic E-state index is 0.0291. The van der Waals surface area contributed by atoms with Gasteiger partial charge in [-0.1, -0.05) is 0 Å². The molecule has 1 aliphatic rings. The average molecular weight is 421 g/mol. The van der Waals surface area contributed by atoms with Gasteiger partial charge < -0.3 is 14.8 Å². The van der Waals surface area contributed by atoms with Crippen molar-refractivity contribution in [2.24, 2.45) is 0 Å². The largest absolute Gasteiger partial charge is 0.341 e. The van der Waals surface area contributed by atoms with Crippen LogP contribution in [0, 0.1) is 10.1 Å². The molecule has 1 unspecified atom stereocenters. The molecule has 0 aliphatic carbocycles. The lowest BCUT2D eigenvalue weighted by Crippen LogP contribution is -2.51. The third-order valence-corrected chi connectivity index (χ3v) is 6.20. The number of nitrogens with zero attached hydrogens (tertiary/aromatic N) is 4. The number of nitrogens with one attached hydrogen (secondary N) is 1. The summed E-state index contributed by atoms with van der Waals surface area (Å²) in [6.45, 7) is 1.64. The van der Waals surface area contributed by atoms with Gasteiger partial charge in [-0.2, -0.15) is 0 Å². The minimum atomic E-state index is -3.13. The molecule has 11 nitrogen and oxygen atoms in total. The number of benzene rings is 1. The van der Waals surface area contributed by atoms with Gasteiger partial charge in [-0.05, 0) is 19.1 Å². The van der Waals surface area contributed by atoms with E-state index < -0.39 is 32.6 Å². The number of nitro benzene ring substituents is 1. The van der Waals surface area contributed by atoms with Crippen LogP contribution in [0.25, 0.3) is 5.69 Å². The summed E-state index contributed by atoms with van der Waals surface area (Å²) in [4.78, 5) is 41.0. The second-order valence-corrected chi connectivity index (χ2v) is 8.91. The van der Waals surface area contributed by atoms with E-state index in [1.54, 1.807) is 6.20 Å². The Morgan fingerprint density at radius 2 is 1.97 bits per heavy atom. The number of hydrogen-bond donors (Lipinski definition) is 1. The molecular weight excluding hydrogens is 402 g/mol. The number of imidazole rings is 1. The van der Waals surface area contributed by atoms with Crippen molar-refractivity contribution in [3.05, 3.63) is 52.6 Å². The molecule has 1 aromatic heterocycles. The Morgan fingerprint density at radius 1 is 1.28 bits per heavy atom. The highest BCUT2D eigenvalue weighted by atomic mass is 32.2. The quantitative estimate of drug-likeness (QED) is 0.534. The Labute approximate surface area is 166 Å². The maximum atomic E-state index is 12.5. The standard InChI is InChI=1S/C17H19N5O6S/c1-12(17(24)20-6-8-29(27,28)9-7-20)19-16(23)13-2-3-14(15(10-13)22(25)26)21-5-4-18-11-21/h2-5,10-12H,6-9H2,1H3,(H,19,23). The molecule has 0 saturated carbocycles. The van der Waals surface area contributed by atoms with Crippen molar-refractivity contribution in [3.63, 3.8) is 0 Å². The normalized spacial score (nSPS) is 16.8. The van der Waals surface area contributed by atoms with Crippen molar-refractivity contribution in [3.8, 4) is 5.69 Å². The van der Waals surface area contributed by atoms with E-state index in [2.05, 4.69) is 10.3 Å². The molecule has 2 amide bonds. The number of rotatable bonds is 5. The topological polar surface area (TPSA) is 145 Å². The summed E-state index contributed by atoms with van der Waals surface area (Å²) in [5.74, 6) is -1.27. The molecule has 1 saturated heterocycles. The second-order valence-electron chi connectivity index (χ2n) is 6.60. The van der Waals surface area contributed by atoms with Crippen LogP contribution in [0.1, 0.15) is 17.3 Å². The lowest BCUT2D eigenvalue weighted by molar-refractivity contribution is -0.384. The van der Waals surface area contributed by atoms with E-state index in [-0.39, 0.29) is 41.5 Å². The number of carbonyl (C=O) groups is 2. The summed E-state index contributed by atoms with van der Waals surface area (Å²) < 4.78 is 24.4. The molecule has 2 aromatic rings. The van der Waals surface area contributed by atoms with Crippen LogP contribution >= 0.6 is 0 Å². The van der Waals surface area contributed by atoms with Crippen molar-refractivity contribution >= 4 is 27.3 Å². The SMILES string of the molecule is CC(NC(=O)c1ccc(-n2ccnc2)c([N+](=O)[O-])c1)C(=O)N1CCS(=O)(=O)CC1. The summed E-state index contributed by atoms with van der Waals surface area (Å²) in [6.07, 6.45) is 4.42. The van der Waals surface area contributed by atoms with Crippen LogP contribution in [0.4, 0.5) is 5.69 Å². The van der Waals surface area contributed by atoms with Crippen molar-refractivity contribution < 1.29 is 22.9 Å². The molecular formula is C17H19N5O6S. The first-order valence-corrected chi connectivity index (χ1v) is 10.6. The van der Waals surface area contributed by atoms with Crippen LogP contribution < -0.4 is 5.32 Å². The van der Waals surface area contributed by atoms with Crippen LogP contribution in [0.3, 0.4) is 0 Å². The maximum absolute atomic E-state index is 12.5. The summed E-state index contributed by atoms with van der Waals surface area (Å²) in [5.41, 5.74) is 0.00000451. The van der Waals surface area contributed by atoms with Gasteiger partial charge in [0.05, 0.1) is 22.8 Å². The number of aromatic nitrogens is 2. The molecule has 0 bridgehead atoms. The molecule has 29 heavy (non-hydrogen) atoms. The molecule has 154 valence electrons. The molecule has 1 aromatic carbocycles. The molecule has 12 heteroatoms. The van der Waals surface area contributed by atoms with Crippen molar-refractivity contribution in [1.82, 2.24) is 19.8 Å². The Balaban J connectivity index is 1.72. The third kappa shape index (κ3) is 4.59. The lowest BCUT2D eigenvalue weighted by atomic mass is 10.1. The zero-order valence-corrected chi connectivity index (χ0v) is 16.3. The van der Waals surface area contributed by atoms with Gasteiger partial charge in [0.2, 0.25) is 5.91 Å². The fourth-order valence-corrected chi connectivity index (χ4v) is 4.18. The molecule has 1 aliphatic heterocycles. The number of hydrogen-bond acceptors (Lipinski definition) is 7. The smallest absolute Gasteiger partial charge is 0.294 e. The molecule has 0 radical (unpaired) electrons. The first-order valence-electron chi connectivity index (χ1n) is 8.75. The second kappa shape index (κ2) is 7.99.